The topological polar surface area (TPSA) is 91.8 Å². The number of rotatable bonds is 5. The maximum Gasteiger partial charge on any atom is 0.319 e. The van der Waals surface area contributed by atoms with E-state index in [9.17, 15) is 14.7 Å². The van der Waals surface area contributed by atoms with E-state index in [1.165, 1.54) is 0 Å². The van der Waals surface area contributed by atoms with Gasteiger partial charge in [-0.15, -0.1) is 0 Å². The van der Waals surface area contributed by atoms with Crippen LogP contribution in [0.1, 0.15) is 81.1 Å². The molecule has 3 fully saturated rings. The van der Waals surface area contributed by atoms with E-state index in [2.05, 4.69) is 44.5 Å². The molecule has 3 aliphatic rings. The zero-order chi connectivity index (χ0) is 31.5. The van der Waals surface area contributed by atoms with Gasteiger partial charge in [-0.25, -0.2) is 0 Å². The highest BCUT2D eigenvalue weighted by Crippen LogP contribution is 2.35. The Balaban J connectivity index is 1.86. The highest BCUT2D eigenvalue weighted by Gasteiger charge is 2.47. The van der Waals surface area contributed by atoms with Gasteiger partial charge in [-0.1, -0.05) is 20.8 Å². The number of cyclic esters (lactones) is 1. The Morgan fingerprint density at radius 3 is 2.24 bits per heavy atom. The molecule has 42 heavy (non-hydrogen) atoms. The van der Waals surface area contributed by atoms with Gasteiger partial charge < -0.3 is 29.1 Å². The molecule has 0 aromatic rings. The lowest BCUT2D eigenvalue weighted by Crippen LogP contribution is -2.56. The number of aliphatic hydroxyl groups is 1. The van der Waals surface area contributed by atoms with Crippen molar-refractivity contribution in [2.24, 2.45) is 29.1 Å². The van der Waals surface area contributed by atoms with Crippen LogP contribution in [0.5, 0.6) is 0 Å². The summed E-state index contributed by atoms with van der Waals surface area (Å²) in [6.07, 6.45) is 1.36. The van der Waals surface area contributed by atoms with E-state index in [4.69, 9.17) is 14.2 Å². The van der Waals surface area contributed by atoms with E-state index in [-0.39, 0.29) is 29.9 Å². The monoisotopic (exact) mass is 595 g/mol. The summed E-state index contributed by atoms with van der Waals surface area (Å²) in [4.78, 5) is 34.5. The largest absolute Gasteiger partial charge is 0.463 e. The number of hydrogen-bond acceptors (Lipinski definition) is 9. The Morgan fingerprint density at radius 2 is 1.67 bits per heavy atom. The predicted octanol–water partition coefficient (Wildman–Crippen LogP) is 3.67. The summed E-state index contributed by atoms with van der Waals surface area (Å²) in [6, 6.07) is 0.523. The lowest BCUT2D eigenvalue weighted by atomic mass is 9.76. The van der Waals surface area contributed by atoms with Crippen molar-refractivity contribution in [3.8, 4) is 0 Å². The van der Waals surface area contributed by atoms with Crippen LogP contribution in [0.25, 0.3) is 0 Å². The minimum absolute atomic E-state index is 0.00140. The van der Waals surface area contributed by atoms with Crippen molar-refractivity contribution in [3.63, 3.8) is 0 Å². The molecule has 3 aliphatic heterocycles. The molecule has 9 atom stereocenters. The van der Waals surface area contributed by atoms with E-state index in [0.29, 0.717) is 30.9 Å². The first-order valence-corrected chi connectivity index (χ1v) is 16.4. The van der Waals surface area contributed by atoms with Gasteiger partial charge in [-0.2, -0.15) is 0 Å². The van der Waals surface area contributed by atoms with E-state index in [1.54, 1.807) is 13.8 Å². The maximum absolute atomic E-state index is 14.0. The summed E-state index contributed by atoms with van der Waals surface area (Å²) in [5, 5.41) is 11.2. The minimum Gasteiger partial charge on any atom is -0.463 e. The third-order valence-electron chi connectivity index (χ3n) is 10.3. The maximum atomic E-state index is 14.0. The number of aliphatic hydroxyl groups excluding tert-OH is 1. The number of likely N-dealkylation sites (N-methyl/N-ethyl adjacent to an activating group) is 2. The van der Waals surface area contributed by atoms with E-state index >= 15 is 0 Å². The van der Waals surface area contributed by atoms with Crippen LogP contribution in [0.2, 0.25) is 0 Å². The molecule has 0 saturated carbocycles. The first-order chi connectivity index (χ1) is 19.5. The second-order valence-electron chi connectivity index (χ2n) is 14.8. The molecule has 0 radical (unpaired) electrons. The van der Waals surface area contributed by atoms with Gasteiger partial charge in [0.25, 0.3) is 0 Å². The van der Waals surface area contributed by atoms with Crippen LogP contribution in [-0.4, -0.2) is 122 Å². The van der Waals surface area contributed by atoms with Gasteiger partial charge in [-0.05, 0) is 112 Å². The van der Waals surface area contributed by atoms with Crippen LogP contribution in [-0.2, 0) is 23.8 Å². The standard InChI is InChI=1S/C33H61N3O6/c1-20(2)36-14-12-25(13-15-36)27-19-40-32(39)33(7,8)30(38)24(6)29(22(4)16-21(3)18-35(27)11)42-31-28(37)26(34(9)10)17-23(5)41-31/h20-29,31,37H,12-19H2,1-11H3/t21-,22+,23-,24-,26+,27+,28-,29+,31+/m1/s1. The molecule has 244 valence electrons. The molecule has 3 heterocycles. The lowest BCUT2D eigenvalue weighted by molar-refractivity contribution is -0.278. The zero-order valence-corrected chi connectivity index (χ0v) is 28.3. The number of ether oxygens (including phenoxy) is 3. The average molecular weight is 596 g/mol. The van der Waals surface area contributed by atoms with Crippen LogP contribution < -0.4 is 0 Å². The van der Waals surface area contributed by atoms with Crippen molar-refractivity contribution < 1.29 is 28.9 Å². The van der Waals surface area contributed by atoms with Gasteiger partial charge in [0.1, 0.15) is 18.1 Å². The van der Waals surface area contributed by atoms with Crippen LogP contribution in [0.15, 0.2) is 0 Å². The number of likely N-dealkylation sites (tertiary alicyclic amines) is 1. The number of Topliss-reactive ketones (excluding diaryl/α,β-unsaturated/α-hetero) is 1. The Hall–Kier alpha value is -1.10. The van der Waals surface area contributed by atoms with Crippen LogP contribution in [0.3, 0.4) is 0 Å². The van der Waals surface area contributed by atoms with Crippen LogP contribution in [0.4, 0.5) is 0 Å². The minimum atomic E-state index is -1.32. The van der Waals surface area contributed by atoms with Crippen molar-refractivity contribution >= 4 is 11.8 Å². The Labute approximate surface area is 255 Å². The molecule has 3 saturated heterocycles. The van der Waals surface area contributed by atoms with Crippen LogP contribution in [0, 0.1) is 29.1 Å². The molecule has 0 aliphatic carbocycles. The number of nitrogens with zero attached hydrogens (tertiary/aromatic N) is 3. The van der Waals surface area contributed by atoms with Gasteiger partial charge in [-0.3, -0.25) is 14.5 Å². The fraction of sp³-hybridized carbons (Fsp3) is 0.939. The summed E-state index contributed by atoms with van der Waals surface area (Å²) >= 11 is 0. The number of ketones is 1. The summed E-state index contributed by atoms with van der Waals surface area (Å²) in [5.41, 5.74) is -1.32. The number of esters is 1. The molecule has 0 spiro atoms. The van der Waals surface area contributed by atoms with Crippen molar-refractivity contribution in [1.82, 2.24) is 14.7 Å². The number of carbonyl (C=O) groups is 2. The molecule has 3 rings (SSSR count). The molecule has 1 N–H and O–H groups in total. The summed E-state index contributed by atoms with van der Waals surface area (Å²) < 4.78 is 18.7. The fourth-order valence-corrected chi connectivity index (χ4v) is 7.63. The number of carbonyl (C=O) groups excluding carboxylic acids is 2. The van der Waals surface area contributed by atoms with Crippen molar-refractivity contribution in [1.29, 1.82) is 0 Å². The summed E-state index contributed by atoms with van der Waals surface area (Å²) in [7, 11) is 6.05. The SMILES string of the molecule is CC(C)N1CCC([C@@H]2COC(=O)C(C)(C)C(=O)[C@H](C)[C@@H](O[C@@H]3O[C@H](C)C[C@H](N(C)C)[C@H]3O)[C@@H](C)C[C@@H](C)CN2C)CC1. The highest BCUT2D eigenvalue weighted by molar-refractivity contribution is 6.04. The van der Waals surface area contributed by atoms with Gasteiger partial charge in [0, 0.05) is 30.6 Å². The molecule has 0 amide bonds. The molecule has 0 unspecified atom stereocenters. The predicted molar refractivity (Wildman–Crippen MR) is 165 cm³/mol. The van der Waals surface area contributed by atoms with E-state index in [1.807, 2.05) is 32.8 Å². The van der Waals surface area contributed by atoms with E-state index < -0.39 is 35.8 Å². The van der Waals surface area contributed by atoms with Gasteiger partial charge in [0.15, 0.2) is 12.1 Å². The Kier molecular flexibility index (Phi) is 12.5. The van der Waals surface area contributed by atoms with Gasteiger partial charge >= 0.3 is 5.97 Å². The van der Waals surface area contributed by atoms with Crippen molar-refractivity contribution in [2.75, 3.05) is 47.4 Å². The first kappa shape index (κ1) is 35.4. The summed E-state index contributed by atoms with van der Waals surface area (Å²) in [6.45, 7) is 19.3. The van der Waals surface area contributed by atoms with Gasteiger partial charge in [0.05, 0.1) is 12.2 Å². The molecule has 0 aromatic carbocycles. The van der Waals surface area contributed by atoms with Crippen molar-refractivity contribution in [2.45, 2.75) is 124 Å². The number of hydrogen-bond donors (Lipinski definition) is 1. The molecular weight excluding hydrogens is 534 g/mol. The zero-order valence-electron chi connectivity index (χ0n) is 28.3. The lowest BCUT2D eigenvalue weighted by Gasteiger charge is -2.44. The third-order valence-corrected chi connectivity index (χ3v) is 10.3. The van der Waals surface area contributed by atoms with Crippen LogP contribution >= 0.6 is 0 Å². The fourth-order valence-electron chi connectivity index (χ4n) is 7.63. The molecule has 0 bridgehead atoms. The smallest absolute Gasteiger partial charge is 0.319 e. The quantitative estimate of drug-likeness (QED) is 0.378. The van der Waals surface area contributed by atoms with Gasteiger partial charge in [0.2, 0.25) is 0 Å². The molecule has 9 nitrogen and oxygen atoms in total. The Bertz CT molecular complexity index is 889. The molecular formula is C33H61N3O6. The third kappa shape index (κ3) is 8.33. The summed E-state index contributed by atoms with van der Waals surface area (Å²) in [5.74, 6) is -0.515. The highest BCUT2D eigenvalue weighted by atomic mass is 16.7. The second-order valence-corrected chi connectivity index (χ2v) is 14.8. The van der Waals surface area contributed by atoms with E-state index in [0.717, 1.165) is 38.9 Å². The molecule has 0 aromatic heterocycles. The number of piperidine rings is 1. The van der Waals surface area contributed by atoms with Crippen molar-refractivity contribution in [3.05, 3.63) is 0 Å². The first-order valence-electron chi connectivity index (χ1n) is 16.4. The second kappa shape index (κ2) is 14.8. The normalized spacial score (nSPS) is 39.0. The average Bonchev–Trinajstić information content (AvgIpc) is 2.91. The Morgan fingerprint density at radius 1 is 1.05 bits per heavy atom. The molecule has 9 heteroatoms.